The lowest BCUT2D eigenvalue weighted by Gasteiger charge is -2.39. The number of esters is 1. The van der Waals surface area contributed by atoms with Gasteiger partial charge in [0.2, 0.25) is 5.91 Å². The van der Waals surface area contributed by atoms with Crippen molar-refractivity contribution in [3.8, 4) is 0 Å². The third-order valence-electron chi connectivity index (χ3n) is 5.36. The third-order valence-corrected chi connectivity index (χ3v) is 5.85. The number of ether oxygens (including phenoxy) is 1. The van der Waals surface area contributed by atoms with Crippen LogP contribution in [0.25, 0.3) is 0 Å². The van der Waals surface area contributed by atoms with Crippen molar-refractivity contribution in [2.24, 2.45) is 0 Å². The number of hydrogen-bond acceptors (Lipinski definition) is 4. The fraction of sp³-hybridized carbons (Fsp3) is 0.417. The molecule has 7 heteroatoms. The summed E-state index contributed by atoms with van der Waals surface area (Å²) in [5.41, 5.74) is 1.82. The van der Waals surface area contributed by atoms with Crippen molar-refractivity contribution in [2.75, 3.05) is 6.61 Å². The third kappa shape index (κ3) is 5.59. The van der Waals surface area contributed by atoms with Crippen LogP contribution in [-0.4, -0.2) is 35.5 Å². The van der Waals surface area contributed by atoms with E-state index in [1.54, 1.807) is 17.9 Å². The maximum atomic E-state index is 13.1. The van der Waals surface area contributed by atoms with Gasteiger partial charge < -0.3 is 15.0 Å². The molecule has 0 spiro atoms. The van der Waals surface area contributed by atoms with Crippen molar-refractivity contribution >= 4 is 35.1 Å². The van der Waals surface area contributed by atoms with E-state index in [0.29, 0.717) is 22.9 Å². The Hall–Kier alpha value is -2.08. The van der Waals surface area contributed by atoms with Crippen molar-refractivity contribution in [2.45, 2.75) is 57.8 Å². The highest BCUT2D eigenvalue weighted by molar-refractivity contribution is 6.30. The lowest BCUT2D eigenvalue weighted by molar-refractivity contribution is -0.153. The molecule has 0 aromatic heterocycles. The molecular weight excluding hydrogens is 435 g/mol. The first-order valence-corrected chi connectivity index (χ1v) is 11.3. The molecule has 3 rings (SSSR count). The molecule has 1 aliphatic rings. The molecule has 5 nitrogen and oxygen atoms in total. The number of amides is 1. The Labute approximate surface area is 193 Å². The van der Waals surface area contributed by atoms with Gasteiger partial charge in [0, 0.05) is 22.5 Å². The molecule has 1 N–H and O–H groups in total. The van der Waals surface area contributed by atoms with Gasteiger partial charge in [-0.1, -0.05) is 61.3 Å². The SMILES string of the molecule is CCOC(=O)[C@H]1CCC(=O)N1C(c1cccc(Cl)c1)C(NC(C)C)c1ccc(Cl)cc1. The maximum Gasteiger partial charge on any atom is 0.328 e. The lowest BCUT2D eigenvalue weighted by Crippen LogP contribution is -2.47. The molecule has 0 bridgehead atoms. The number of carbonyl (C=O) groups is 2. The molecule has 1 fully saturated rings. The molecule has 0 saturated carbocycles. The van der Waals surface area contributed by atoms with Crippen LogP contribution in [0.3, 0.4) is 0 Å². The summed E-state index contributed by atoms with van der Waals surface area (Å²) in [6, 6.07) is 13.7. The van der Waals surface area contributed by atoms with E-state index in [-0.39, 0.29) is 30.6 Å². The molecule has 2 unspecified atom stereocenters. The minimum Gasteiger partial charge on any atom is -0.464 e. The van der Waals surface area contributed by atoms with Crippen LogP contribution in [0.4, 0.5) is 0 Å². The Balaban J connectivity index is 2.15. The first-order chi connectivity index (χ1) is 14.8. The zero-order valence-corrected chi connectivity index (χ0v) is 19.5. The highest BCUT2D eigenvalue weighted by atomic mass is 35.5. The summed E-state index contributed by atoms with van der Waals surface area (Å²) in [5.74, 6) is -0.452. The highest BCUT2D eigenvalue weighted by Gasteiger charge is 2.45. The fourth-order valence-electron chi connectivity index (χ4n) is 4.12. The van der Waals surface area contributed by atoms with Gasteiger partial charge >= 0.3 is 5.97 Å². The summed E-state index contributed by atoms with van der Waals surface area (Å²) in [6.45, 7) is 6.13. The maximum absolute atomic E-state index is 13.1. The first kappa shape index (κ1) is 23.6. The molecule has 1 aliphatic heterocycles. The van der Waals surface area contributed by atoms with Gasteiger partial charge in [-0.3, -0.25) is 4.79 Å². The van der Waals surface area contributed by atoms with Crippen molar-refractivity contribution in [1.29, 1.82) is 0 Å². The van der Waals surface area contributed by atoms with Crippen molar-refractivity contribution in [1.82, 2.24) is 10.2 Å². The zero-order chi connectivity index (χ0) is 22.5. The average molecular weight is 463 g/mol. The number of nitrogens with zero attached hydrogens (tertiary/aromatic N) is 1. The second kappa shape index (κ2) is 10.5. The molecule has 3 atom stereocenters. The average Bonchev–Trinajstić information content (AvgIpc) is 3.09. The standard InChI is InChI=1S/C24H28Cl2N2O3/c1-4-31-24(30)20-12-13-21(29)28(20)23(17-6-5-7-19(26)14-17)22(27-15(2)3)16-8-10-18(25)11-9-16/h5-11,14-15,20,22-23,27H,4,12-13H2,1-3H3/t20-,22?,23?/m1/s1. The van der Waals surface area contributed by atoms with E-state index in [0.717, 1.165) is 11.1 Å². The number of halogens is 2. The van der Waals surface area contributed by atoms with Crippen LogP contribution in [0.15, 0.2) is 48.5 Å². The summed E-state index contributed by atoms with van der Waals surface area (Å²) in [4.78, 5) is 27.5. The van der Waals surface area contributed by atoms with Crippen LogP contribution >= 0.6 is 23.2 Å². The molecule has 0 radical (unpaired) electrons. The Morgan fingerprint density at radius 1 is 1.13 bits per heavy atom. The Bertz CT molecular complexity index is 917. The van der Waals surface area contributed by atoms with Crippen molar-refractivity contribution in [3.63, 3.8) is 0 Å². The van der Waals surface area contributed by atoms with E-state index >= 15 is 0 Å². The Kier molecular flexibility index (Phi) is 7.98. The van der Waals surface area contributed by atoms with E-state index in [9.17, 15) is 9.59 Å². The van der Waals surface area contributed by atoms with E-state index in [1.165, 1.54) is 0 Å². The molecule has 0 aliphatic carbocycles. The second-order valence-corrected chi connectivity index (χ2v) is 8.83. The summed E-state index contributed by atoms with van der Waals surface area (Å²) < 4.78 is 5.30. The van der Waals surface area contributed by atoms with Gasteiger partial charge in [-0.05, 0) is 48.7 Å². The second-order valence-electron chi connectivity index (χ2n) is 7.96. The van der Waals surface area contributed by atoms with Crippen molar-refractivity contribution < 1.29 is 14.3 Å². The van der Waals surface area contributed by atoms with Gasteiger partial charge in [0.15, 0.2) is 0 Å². The molecule has 31 heavy (non-hydrogen) atoms. The quantitative estimate of drug-likeness (QED) is 0.538. The normalized spacial score (nSPS) is 18.3. The summed E-state index contributed by atoms with van der Waals surface area (Å²) in [6.07, 6.45) is 0.735. The Morgan fingerprint density at radius 2 is 1.84 bits per heavy atom. The molecular formula is C24H28Cl2N2O3. The van der Waals surface area contributed by atoms with Gasteiger partial charge in [0.25, 0.3) is 0 Å². The van der Waals surface area contributed by atoms with Crippen LogP contribution in [0.1, 0.15) is 56.8 Å². The van der Waals surface area contributed by atoms with Gasteiger partial charge in [-0.15, -0.1) is 0 Å². The van der Waals surface area contributed by atoms with Crippen LogP contribution in [0.5, 0.6) is 0 Å². The van der Waals surface area contributed by atoms with Gasteiger partial charge in [-0.2, -0.15) is 0 Å². The lowest BCUT2D eigenvalue weighted by atomic mass is 9.90. The Morgan fingerprint density at radius 3 is 2.45 bits per heavy atom. The number of rotatable bonds is 8. The van der Waals surface area contributed by atoms with E-state index < -0.39 is 12.1 Å². The molecule has 2 aromatic rings. The number of hydrogen-bond donors (Lipinski definition) is 1. The molecule has 1 heterocycles. The largest absolute Gasteiger partial charge is 0.464 e. The topological polar surface area (TPSA) is 58.6 Å². The summed E-state index contributed by atoms with van der Waals surface area (Å²) >= 11 is 12.5. The van der Waals surface area contributed by atoms with Gasteiger partial charge in [0.05, 0.1) is 18.7 Å². The fourth-order valence-corrected chi connectivity index (χ4v) is 4.45. The first-order valence-electron chi connectivity index (χ1n) is 10.6. The number of benzene rings is 2. The van der Waals surface area contributed by atoms with E-state index in [1.807, 2.05) is 56.3 Å². The number of carbonyl (C=O) groups excluding carboxylic acids is 2. The molecule has 166 valence electrons. The van der Waals surface area contributed by atoms with Gasteiger partial charge in [0.1, 0.15) is 6.04 Å². The number of likely N-dealkylation sites (tertiary alicyclic amines) is 1. The van der Waals surface area contributed by atoms with Crippen LogP contribution < -0.4 is 5.32 Å². The van der Waals surface area contributed by atoms with Crippen LogP contribution in [0, 0.1) is 0 Å². The van der Waals surface area contributed by atoms with Crippen molar-refractivity contribution in [3.05, 3.63) is 69.7 Å². The molecule has 1 saturated heterocycles. The summed E-state index contributed by atoms with van der Waals surface area (Å²) in [5, 5.41) is 4.79. The number of nitrogens with one attached hydrogen (secondary N) is 1. The summed E-state index contributed by atoms with van der Waals surface area (Å²) in [7, 11) is 0. The highest BCUT2D eigenvalue weighted by Crippen LogP contribution is 2.40. The molecule has 1 amide bonds. The monoisotopic (exact) mass is 462 g/mol. The zero-order valence-electron chi connectivity index (χ0n) is 18.0. The minimum absolute atomic E-state index is 0.0763. The predicted molar refractivity (Wildman–Crippen MR) is 123 cm³/mol. The van der Waals surface area contributed by atoms with Gasteiger partial charge in [-0.25, -0.2) is 4.79 Å². The van der Waals surface area contributed by atoms with E-state index in [4.69, 9.17) is 27.9 Å². The minimum atomic E-state index is -0.639. The molecule has 2 aromatic carbocycles. The van der Waals surface area contributed by atoms with Crippen LogP contribution in [-0.2, 0) is 14.3 Å². The smallest absolute Gasteiger partial charge is 0.328 e. The van der Waals surface area contributed by atoms with Crippen LogP contribution in [0.2, 0.25) is 10.0 Å². The predicted octanol–water partition coefficient (Wildman–Crippen LogP) is 5.33. The van der Waals surface area contributed by atoms with E-state index in [2.05, 4.69) is 5.32 Å².